The molecule has 2 rings (SSSR count). The summed E-state index contributed by atoms with van der Waals surface area (Å²) in [7, 11) is 1.36. The number of pyridine rings is 1. The normalized spacial score (nSPS) is 11.4. The Kier molecular flexibility index (Phi) is 5.22. The van der Waals surface area contributed by atoms with Crippen LogP contribution in [0, 0.1) is 5.41 Å². The number of carbonyl (C=O) groups is 2. The molecular weight excluding hydrogens is 304 g/mol. The fourth-order valence-corrected chi connectivity index (χ4v) is 2.62. The summed E-state index contributed by atoms with van der Waals surface area (Å²) >= 11 is 0. The zero-order chi connectivity index (χ0) is 17.9. The highest BCUT2D eigenvalue weighted by Crippen LogP contribution is 2.28. The van der Waals surface area contributed by atoms with E-state index < -0.39 is 0 Å². The number of ether oxygens (including phenoxy) is 1. The highest BCUT2D eigenvalue weighted by Gasteiger charge is 2.23. The molecule has 0 saturated carbocycles. The summed E-state index contributed by atoms with van der Waals surface area (Å²) in [6.07, 6.45) is 2.10. The largest absolute Gasteiger partial charge is 0.465 e. The molecule has 1 amide bonds. The van der Waals surface area contributed by atoms with Crippen molar-refractivity contribution in [3.05, 3.63) is 36.0 Å². The molecule has 0 aliphatic heterocycles. The van der Waals surface area contributed by atoms with Gasteiger partial charge in [0.15, 0.2) is 0 Å². The number of carbonyl (C=O) groups excluding carboxylic acids is 2. The number of esters is 1. The van der Waals surface area contributed by atoms with Gasteiger partial charge in [0.1, 0.15) is 5.82 Å². The molecule has 1 heterocycles. The topological polar surface area (TPSA) is 59.5 Å². The van der Waals surface area contributed by atoms with E-state index >= 15 is 0 Å². The summed E-state index contributed by atoms with van der Waals surface area (Å²) in [5.74, 6) is 0.286. The molecule has 0 aliphatic carbocycles. The van der Waals surface area contributed by atoms with Crippen LogP contribution in [0.3, 0.4) is 0 Å². The maximum Gasteiger partial charge on any atom is 0.337 e. The van der Waals surface area contributed by atoms with E-state index in [2.05, 4.69) is 4.98 Å². The predicted octanol–water partition coefficient (Wildman–Crippen LogP) is 3.81. The lowest BCUT2D eigenvalue weighted by molar-refractivity contribution is -0.120. The van der Waals surface area contributed by atoms with Crippen LogP contribution in [-0.2, 0) is 9.53 Å². The third-order valence-electron chi connectivity index (χ3n) is 3.72. The summed E-state index contributed by atoms with van der Waals surface area (Å²) in [5, 5.41) is 1.69. The highest BCUT2D eigenvalue weighted by molar-refractivity contribution is 6.04. The second-order valence-corrected chi connectivity index (χ2v) is 6.94. The van der Waals surface area contributed by atoms with E-state index in [1.165, 1.54) is 7.11 Å². The molecule has 0 unspecified atom stereocenters. The van der Waals surface area contributed by atoms with E-state index in [0.717, 1.165) is 10.8 Å². The van der Waals surface area contributed by atoms with Crippen molar-refractivity contribution in [3.8, 4) is 0 Å². The second kappa shape index (κ2) is 6.99. The molecule has 0 saturated heterocycles. The molecule has 2 aromatic rings. The number of anilines is 1. The molecule has 0 fully saturated rings. The van der Waals surface area contributed by atoms with Crippen molar-refractivity contribution < 1.29 is 14.3 Å². The van der Waals surface area contributed by atoms with Gasteiger partial charge < -0.3 is 4.74 Å². The van der Waals surface area contributed by atoms with Gasteiger partial charge in [0, 0.05) is 24.5 Å². The third-order valence-corrected chi connectivity index (χ3v) is 3.72. The van der Waals surface area contributed by atoms with Crippen LogP contribution in [0.15, 0.2) is 30.5 Å². The first-order chi connectivity index (χ1) is 11.3. The van der Waals surface area contributed by atoms with Crippen molar-refractivity contribution in [1.82, 2.24) is 4.98 Å². The smallest absolute Gasteiger partial charge is 0.337 e. The van der Waals surface area contributed by atoms with Gasteiger partial charge in [-0.3, -0.25) is 9.69 Å². The molecule has 0 N–H and O–H groups in total. The van der Waals surface area contributed by atoms with Gasteiger partial charge in [0.25, 0.3) is 0 Å². The number of benzene rings is 1. The maximum atomic E-state index is 12.7. The maximum absolute atomic E-state index is 12.7. The fraction of sp³-hybridized carbons (Fsp3) is 0.421. The van der Waals surface area contributed by atoms with Crippen LogP contribution in [0.4, 0.5) is 5.82 Å². The van der Waals surface area contributed by atoms with Gasteiger partial charge in [0.2, 0.25) is 5.91 Å². The molecule has 0 aliphatic rings. The van der Waals surface area contributed by atoms with Gasteiger partial charge in [-0.2, -0.15) is 0 Å². The Hall–Kier alpha value is -2.43. The van der Waals surface area contributed by atoms with Gasteiger partial charge in [0.05, 0.1) is 12.7 Å². The van der Waals surface area contributed by atoms with Crippen LogP contribution in [-0.4, -0.2) is 30.5 Å². The minimum absolute atomic E-state index is 0.0436. The summed E-state index contributed by atoms with van der Waals surface area (Å²) < 4.78 is 4.76. The SMILES string of the molecule is CCN(C(=O)CC(C)(C)C)c1nccc2cc(C(=O)OC)ccc12. The zero-order valence-corrected chi connectivity index (χ0v) is 14.9. The molecule has 128 valence electrons. The summed E-state index contributed by atoms with van der Waals surface area (Å²) in [5.41, 5.74) is 0.388. The van der Waals surface area contributed by atoms with Crippen LogP contribution in [0.2, 0.25) is 0 Å². The number of hydrogen-bond donors (Lipinski definition) is 0. The molecule has 0 bridgehead atoms. The van der Waals surface area contributed by atoms with E-state index in [4.69, 9.17) is 4.74 Å². The van der Waals surface area contributed by atoms with Crippen LogP contribution in [0.25, 0.3) is 10.8 Å². The molecular formula is C19H24N2O3. The summed E-state index contributed by atoms with van der Waals surface area (Å²) in [6, 6.07) is 7.10. The Morgan fingerprint density at radius 1 is 1.21 bits per heavy atom. The number of aromatic nitrogens is 1. The first-order valence-corrected chi connectivity index (χ1v) is 8.04. The highest BCUT2D eigenvalue weighted by atomic mass is 16.5. The van der Waals surface area contributed by atoms with Crippen LogP contribution >= 0.6 is 0 Å². The molecule has 5 nitrogen and oxygen atoms in total. The van der Waals surface area contributed by atoms with Gasteiger partial charge in [-0.25, -0.2) is 9.78 Å². The van der Waals surface area contributed by atoms with Crippen molar-refractivity contribution in [2.45, 2.75) is 34.1 Å². The van der Waals surface area contributed by atoms with Crippen molar-refractivity contribution in [1.29, 1.82) is 0 Å². The first kappa shape index (κ1) is 17.9. The van der Waals surface area contributed by atoms with Crippen molar-refractivity contribution >= 4 is 28.5 Å². The number of methoxy groups -OCH3 is 1. The van der Waals surface area contributed by atoms with E-state index in [9.17, 15) is 9.59 Å². The van der Waals surface area contributed by atoms with E-state index in [-0.39, 0.29) is 17.3 Å². The summed E-state index contributed by atoms with van der Waals surface area (Å²) in [4.78, 5) is 30.5. The van der Waals surface area contributed by atoms with Gasteiger partial charge in [-0.05, 0) is 42.0 Å². The van der Waals surface area contributed by atoms with Gasteiger partial charge in [-0.1, -0.05) is 20.8 Å². The third kappa shape index (κ3) is 3.91. The minimum Gasteiger partial charge on any atom is -0.465 e. The Morgan fingerprint density at radius 3 is 2.50 bits per heavy atom. The van der Waals surface area contributed by atoms with Gasteiger partial charge >= 0.3 is 5.97 Å². The van der Waals surface area contributed by atoms with E-state index in [1.54, 1.807) is 23.2 Å². The monoisotopic (exact) mass is 328 g/mol. The number of hydrogen-bond acceptors (Lipinski definition) is 4. The average molecular weight is 328 g/mol. The van der Waals surface area contributed by atoms with Gasteiger partial charge in [-0.15, -0.1) is 0 Å². The number of amides is 1. The molecule has 0 spiro atoms. The Labute approximate surface area is 142 Å². The first-order valence-electron chi connectivity index (χ1n) is 8.04. The zero-order valence-electron chi connectivity index (χ0n) is 14.9. The summed E-state index contributed by atoms with van der Waals surface area (Å²) in [6.45, 7) is 8.59. The molecule has 1 aromatic carbocycles. The van der Waals surface area contributed by atoms with Crippen molar-refractivity contribution in [3.63, 3.8) is 0 Å². The molecule has 0 radical (unpaired) electrons. The van der Waals surface area contributed by atoms with Crippen LogP contribution < -0.4 is 4.90 Å². The molecule has 5 heteroatoms. The Bertz CT molecular complexity index is 763. The molecule has 1 aromatic heterocycles. The lowest BCUT2D eigenvalue weighted by atomic mass is 9.91. The number of nitrogens with zero attached hydrogens (tertiary/aromatic N) is 2. The second-order valence-electron chi connectivity index (χ2n) is 6.94. The Morgan fingerprint density at radius 2 is 1.92 bits per heavy atom. The lowest BCUT2D eigenvalue weighted by Gasteiger charge is -2.25. The predicted molar refractivity (Wildman–Crippen MR) is 95.2 cm³/mol. The lowest BCUT2D eigenvalue weighted by Crippen LogP contribution is -2.34. The molecule has 24 heavy (non-hydrogen) atoms. The van der Waals surface area contributed by atoms with Crippen LogP contribution in [0.1, 0.15) is 44.5 Å². The molecule has 0 atom stereocenters. The quantitative estimate of drug-likeness (QED) is 0.801. The standard InChI is InChI=1S/C19H24N2O3/c1-6-21(16(22)12-19(2,3)4)17-15-8-7-14(18(23)24-5)11-13(15)9-10-20-17/h7-11H,6,12H2,1-5H3. The number of fused-ring (bicyclic) bond motifs is 1. The fourth-order valence-electron chi connectivity index (χ4n) is 2.62. The van der Waals surface area contributed by atoms with Crippen molar-refractivity contribution in [2.24, 2.45) is 5.41 Å². The van der Waals surface area contributed by atoms with E-state index in [0.29, 0.717) is 24.3 Å². The minimum atomic E-state index is -0.383. The Balaban J connectivity index is 2.47. The number of rotatable bonds is 4. The average Bonchev–Trinajstić information content (AvgIpc) is 2.52. The van der Waals surface area contributed by atoms with Crippen molar-refractivity contribution in [2.75, 3.05) is 18.6 Å². The van der Waals surface area contributed by atoms with Crippen LogP contribution in [0.5, 0.6) is 0 Å². The van der Waals surface area contributed by atoms with E-state index in [1.807, 2.05) is 39.8 Å².